The van der Waals surface area contributed by atoms with Crippen molar-refractivity contribution in [3.63, 3.8) is 0 Å². The Bertz CT molecular complexity index is 589. The van der Waals surface area contributed by atoms with Crippen LogP contribution in [0.3, 0.4) is 0 Å². The Morgan fingerprint density at radius 1 is 1.42 bits per heavy atom. The van der Waals surface area contributed by atoms with Crippen LogP contribution in [0.4, 0.5) is 0 Å². The number of aromatic amines is 1. The van der Waals surface area contributed by atoms with Crippen molar-refractivity contribution in [2.75, 3.05) is 7.05 Å². The molecule has 2 unspecified atom stereocenters. The lowest BCUT2D eigenvalue weighted by molar-refractivity contribution is -0.138. The van der Waals surface area contributed by atoms with Crippen LogP contribution < -0.4 is 5.32 Å². The third-order valence-electron chi connectivity index (χ3n) is 3.63. The molecule has 1 aromatic carbocycles. The zero-order valence-electron chi connectivity index (χ0n) is 11.5. The van der Waals surface area contributed by atoms with Crippen LogP contribution in [0.1, 0.15) is 30.6 Å². The summed E-state index contributed by atoms with van der Waals surface area (Å²) < 4.78 is 0. The Labute approximate surface area is 112 Å². The van der Waals surface area contributed by atoms with Gasteiger partial charge in [0.2, 0.25) is 0 Å². The maximum atomic E-state index is 10.9. The minimum absolute atomic E-state index is 0.0282. The summed E-state index contributed by atoms with van der Waals surface area (Å²) in [6, 6.07) is 8.16. The van der Waals surface area contributed by atoms with Crippen LogP contribution in [-0.2, 0) is 4.79 Å². The molecule has 0 aliphatic heterocycles. The molecule has 1 heterocycles. The fourth-order valence-corrected chi connectivity index (χ4v) is 2.81. The third-order valence-corrected chi connectivity index (χ3v) is 3.63. The van der Waals surface area contributed by atoms with Gasteiger partial charge in [-0.05, 0) is 31.5 Å². The molecule has 0 spiro atoms. The van der Waals surface area contributed by atoms with Crippen molar-refractivity contribution in [3.05, 3.63) is 35.5 Å². The van der Waals surface area contributed by atoms with Gasteiger partial charge in [-0.3, -0.25) is 4.79 Å². The van der Waals surface area contributed by atoms with E-state index in [1.807, 2.05) is 39.1 Å². The van der Waals surface area contributed by atoms with Gasteiger partial charge < -0.3 is 15.4 Å². The number of para-hydroxylation sites is 1. The van der Waals surface area contributed by atoms with Gasteiger partial charge in [-0.1, -0.05) is 25.1 Å². The maximum Gasteiger partial charge on any atom is 0.303 e. The molecule has 2 rings (SSSR count). The monoisotopic (exact) mass is 260 g/mol. The molecule has 0 aliphatic rings. The molecule has 0 amide bonds. The lowest BCUT2D eigenvalue weighted by atomic mass is 9.90. The number of fused-ring (bicyclic) bond motifs is 1. The van der Waals surface area contributed by atoms with Crippen molar-refractivity contribution in [3.8, 4) is 0 Å². The van der Waals surface area contributed by atoms with Gasteiger partial charge in [0.05, 0.1) is 0 Å². The first-order chi connectivity index (χ1) is 9.04. The maximum absolute atomic E-state index is 10.9. The van der Waals surface area contributed by atoms with Crippen molar-refractivity contribution < 1.29 is 9.90 Å². The molecule has 0 radical (unpaired) electrons. The largest absolute Gasteiger partial charge is 0.481 e. The van der Waals surface area contributed by atoms with Crippen LogP contribution in [0.15, 0.2) is 24.3 Å². The molecular formula is C15H20N2O2. The van der Waals surface area contributed by atoms with E-state index in [4.69, 9.17) is 5.11 Å². The van der Waals surface area contributed by atoms with E-state index in [0.717, 1.165) is 16.6 Å². The number of hydrogen-bond donors (Lipinski definition) is 3. The molecule has 102 valence electrons. The van der Waals surface area contributed by atoms with Crippen LogP contribution >= 0.6 is 0 Å². The molecule has 0 aliphatic carbocycles. The van der Waals surface area contributed by atoms with Gasteiger partial charge >= 0.3 is 5.97 Å². The summed E-state index contributed by atoms with van der Waals surface area (Å²) >= 11 is 0. The second-order valence-electron chi connectivity index (χ2n) is 5.05. The highest BCUT2D eigenvalue weighted by Crippen LogP contribution is 2.32. The number of carbonyl (C=O) groups is 1. The zero-order valence-corrected chi connectivity index (χ0v) is 11.5. The van der Waals surface area contributed by atoms with Gasteiger partial charge in [0, 0.05) is 29.1 Å². The minimum Gasteiger partial charge on any atom is -0.481 e. The molecular weight excluding hydrogens is 240 g/mol. The van der Waals surface area contributed by atoms with Crippen LogP contribution in [0.5, 0.6) is 0 Å². The molecule has 0 saturated carbocycles. The van der Waals surface area contributed by atoms with E-state index in [1.54, 1.807) is 0 Å². The van der Waals surface area contributed by atoms with Gasteiger partial charge in [0.25, 0.3) is 0 Å². The molecule has 19 heavy (non-hydrogen) atoms. The summed E-state index contributed by atoms with van der Waals surface area (Å²) in [5.74, 6) is -0.731. The predicted octanol–water partition coefficient (Wildman–Crippen LogP) is 2.85. The number of carboxylic acids is 1. The lowest BCUT2D eigenvalue weighted by Gasteiger charge is -2.23. The quantitative estimate of drug-likeness (QED) is 0.774. The molecule has 0 saturated heterocycles. The van der Waals surface area contributed by atoms with E-state index in [0.29, 0.717) is 0 Å². The normalized spacial score (nSPS) is 14.5. The van der Waals surface area contributed by atoms with Gasteiger partial charge in [-0.25, -0.2) is 0 Å². The average Bonchev–Trinajstić information content (AvgIpc) is 2.66. The fraction of sp³-hybridized carbons (Fsp3) is 0.400. The number of aryl methyl sites for hydroxylation is 1. The number of rotatable bonds is 5. The minimum atomic E-state index is -0.759. The summed E-state index contributed by atoms with van der Waals surface area (Å²) in [5, 5.41) is 13.4. The highest BCUT2D eigenvalue weighted by Gasteiger charge is 2.24. The summed E-state index contributed by atoms with van der Waals surface area (Å²) in [4.78, 5) is 14.3. The number of hydrogen-bond acceptors (Lipinski definition) is 2. The number of H-pyrrole nitrogens is 1. The second-order valence-corrected chi connectivity index (χ2v) is 5.05. The van der Waals surface area contributed by atoms with Gasteiger partial charge in [0.15, 0.2) is 0 Å². The summed E-state index contributed by atoms with van der Waals surface area (Å²) in [7, 11) is 1.88. The zero-order chi connectivity index (χ0) is 14.0. The Morgan fingerprint density at radius 2 is 2.11 bits per heavy atom. The van der Waals surface area contributed by atoms with Crippen LogP contribution in [0.2, 0.25) is 0 Å². The highest BCUT2D eigenvalue weighted by molar-refractivity contribution is 5.85. The Morgan fingerprint density at radius 3 is 2.74 bits per heavy atom. The molecule has 4 heteroatoms. The standard InChI is InChI=1S/C15H20N2O2/c1-9(8-13(18)19)15(16-3)14-10(2)17-12-7-5-4-6-11(12)14/h4-7,9,15-17H,8H2,1-3H3,(H,18,19). The van der Waals surface area contributed by atoms with E-state index < -0.39 is 5.97 Å². The first-order valence-electron chi connectivity index (χ1n) is 6.50. The number of aliphatic carboxylic acids is 1. The van der Waals surface area contributed by atoms with E-state index in [9.17, 15) is 4.79 Å². The molecule has 0 fully saturated rings. The number of nitrogens with one attached hydrogen (secondary N) is 2. The SMILES string of the molecule is CNC(c1c(C)[nH]c2ccccc12)C(C)CC(=O)O. The Balaban J connectivity index is 2.45. The molecule has 4 nitrogen and oxygen atoms in total. The van der Waals surface area contributed by atoms with Crippen LogP contribution in [-0.4, -0.2) is 23.1 Å². The van der Waals surface area contributed by atoms with Crippen molar-refractivity contribution in [1.29, 1.82) is 0 Å². The van der Waals surface area contributed by atoms with Gasteiger partial charge in [-0.2, -0.15) is 0 Å². The first-order valence-corrected chi connectivity index (χ1v) is 6.50. The Kier molecular flexibility index (Phi) is 3.90. The van der Waals surface area contributed by atoms with Gasteiger partial charge in [0.1, 0.15) is 0 Å². The number of aromatic nitrogens is 1. The fourth-order valence-electron chi connectivity index (χ4n) is 2.81. The average molecular weight is 260 g/mol. The van der Waals surface area contributed by atoms with E-state index in [-0.39, 0.29) is 18.4 Å². The summed E-state index contributed by atoms with van der Waals surface area (Å²) in [6.45, 7) is 4.00. The third kappa shape index (κ3) is 2.63. The van der Waals surface area contributed by atoms with E-state index in [1.165, 1.54) is 5.56 Å². The highest BCUT2D eigenvalue weighted by atomic mass is 16.4. The summed E-state index contributed by atoms with van der Waals surface area (Å²) in [5.41, 5.74) is 3.36. The molecule has 2 atom stereocenters. The molecule has 1 aromatic heterocycles. The molecule has 2 aromatic rings. The van der Waals surface area contributed by atoms with Crippen molar-refractivity contribution in [1.82, 2.24) is 10.3 Å². The smallest absolute Gasteiger partial charge is 0.303 e. The topological polar surface area (TPSA) is 65.1 Å². The first kappa shape index (κ1) is 13.6. The predicted molar refractivity (Wildman–Crippen MR) is 76.3 cm³/mol. The van der Waals surface area contributed by atoms with Gasteiger partial charge in [-0.15, -0.1) is 0 Å². The van der Waals surface area contributed by atoms with Crippen molar-refractivity contribution >= 4 is 16.9 Å². The van der Waals surface area contributed by atoms with E-state index in [2.05, 4.69) is 16.4 Å². The number of carboxylic acid groups (broad SMARTS) is 1. The molecule has 0 bridgehead atoms. The van der Waals surface area contributed by atoms with E-state index >= 15 is 0 Å². The number of benzene rings is 1. The van der Waals surface area contributed by atoms with Crippen LogP contribution in [0, 0.1) is 12.8 Å². The summed E-state index contributed by atoms with van der Waals surface area (Å²) in [6.07, 6.45) is 0.157. The van der Waals surface area contributed by atoms with Crippen molar-refractivity contribution in [2.24, 2.45) is 5.92 Å². The van der Waals surface area contributed by atoms with Crippen molar-refractivity contribution in [2.45, 2.75) is 26.3 Å². The molecule has 3 N–H and O–H groups in total. The lowest BCUT2D eigenvalue weighted by Crippen LogP contribution is -2.25. The second kappa shape index (κ2) is 5.45. The van der Waals surface area contributed by atoms with Crippen LogP contribution in [0.25, 0.3) is 10.9 Å². The Hall–Kier alpha value is -1.81.